The molecule has 0 aliphatic carbocycles. The number of allylic oxidation sites excluding steroid dienone is 1. The molecule has 0 unspecified atom stereocenters. The number of hydrogen-bond acceptors (Lipinski definition) is 2. The second kappa shape index (κ2) is 5.35. The average molecular weight is 158 g/mol. The summed E-state index contributed by atoms with van der Waals surface area (Å²) in [4.78, 5) is 4.08. The van der Waals surface area contributed by atoms with Gasteiger partial charge in [-0.3, -0.25) is 4.99 Å². The molecule has 0 atom stereocenters. The smallest absolute Gasteiger partial charge is 0.0890 e. The molecule has 0 radical (unpaired) electrons. The van der Waals surface area contributed by atoms with E-state index in [9.17, 15) is 0 Å². The van der Waals surface area contributed by atoms with Crippen LogP contribution in [-0.4, -0.2) is 18.6 Å². The highest BCUT2D eigenvalue weighted by molar-refractivity contribution is 7.97. The molecule has 0 aliphatic rings. The van der Waals surface area contributed by atoms with Crippen LogP contribution in [-0.2, 0) is 0 Å². The summed E-state index contributed by atoms with van der Waals surface area (Å²) < 4.78 is 0. The van der Waals surface area contributed by atoms with Crippen molar-refractivity contribution in [1.29, 1.82) is 0 Å². The minimum absolute atomic E-state index is 0.773. The quantitative estimate of drug-likeness (QED) is 0.363. The summed E-state index contributed by atoms with van der Waals surface area (Å²) in [7, 11) is 1.87. The molecular formula is C7H14N2S. The van der Waals surface area contributed by atoms with Crippen LogP contribution in [0, 0.1) is 0 Å². The Hall–Kier alpha value is -0.440. The monoisotopic (exact) mass is 158 g/mol. The zero-order valence-electron chi connectivity index (χ0n) is 6.68. The predicted octanol–water partition coefficient (Wildman–Crippen LogP) is 1.46. The Morgan fingerprint density at radius 1 is 1.70 bits per heavy atom. The van der Waals surface area contributed by atoms with Crippen LogP contribution in [0.1, 0.15) is 13.8 Å². The number of thiol groups is 1. The first-order valence-corrected chi connectivity index (χ1v) is 3.75. The molecule has 0 amide bonds. The van der Waals surface area contributed by atoms with E-state index in [1.165, 1.54) is 0 Å². The van der Waals surface area contributed by atoms with Gasteiger partial charge in [0, 0.05) is 19.3 Å². The van der Waals surface area contributed by atoms with Crippen molar-refractivity contribution in [3.05, 3.63) is 11.8 Å². The van der Waals surface area contributed by atoms with Crippen molar-refractivity contribution in [3.8, 4) is 0 Å². The average Bonchev–Trinajstić information content (AvgIpc) is 1.88. The third-order valence-electron chi connectivity index (χ3n) is 1.06. The molecule has 0 saturated carbocycles. The molecule has 0 bridgehead atoms. The summed E-state index contributed by atoms with van der Waals surface area (Å²) in [6.07, 6.45) is 1.90. The van der Waals surface area contributed by atoms with Crippen LogP contribution in [0.4, 0.5) is 0 Å². The van der Waals surface area contributed by atoms with Crippen LogP contribution >= 0.6 is 12.6 Å². The Morgan fingerprint density at radius 3 is 2.70 bits per heavy atom. The van der Waals surface area contributed by atoms with E-state index in [0.29, 0.717) is 0 Å². The third-order valence-corrected chi connectivity index (χ3v) is 1.33. The molecule has 0 aliphatic heterocycles. The number of rotatable bonds is 3. The maximum absolute atomic E-state index is 4.14. The Morgan fingerprint density at radius 2 is 2.30 bits per heavy atom. The molecule has 58 valence electrons. The molecule has 0 fully saturated rings. The predicted molar refractivity (Wildman–Crippen MR) is 49.8 cm³/mol. The van der Waals surface area contributed by atoms with E-state index in [0.717, 1.165) is 17.3 Å². The van der Waals surface area contributed by atoms with Gasteiger partial charge in [-0.15, -0.1) is 12.6 Å². The molecule has 0 aromatic carbocycles. The first-order valence-electron chi connectivity index (χ1n) is 3.30. The fraction of sp³-hybridized carbons (Fsp3) is 0.571. The minimum Gasteiger partial charge on any atom is -0.392 e. The van der Waals surface area contributed by atoms with E-state index < -0.39 is 0 Å². The number of aliphatic imine (C=N–C) groups is 1. The minimum atomic E-state index is 0.773. The van der Waals surface area contributed by atoms with Gasteiger partial charge in [-0.2, -0.15) is 0 Å². The molecule has 0 heterocycles. The van der Waals surface area contributed by atoms with Gasteiger partial charge in [0.25, 0.3) is 0 Å². The van der Waals surface area contributed by atoms with Gasteiger partial charge in [-0.25, -0.2) is 0 Å². The van der Waals surface area contributed by atoms with Crippen molar-refractivity contribution in [2.75, 3.05) is 13.6 Å². The van der Waals surface area contributed by atoms with E-state index in [-0.39, 0.29) is 0 Å². The molecule has 10 heavy (non-hydrogen) atoms. The van der Waals surface area contributed by atoms with E-state index in [1.54, 1.807) is 0 Å². The molecule has 0 spiro atoms. The van der Waals surface area contributed by atoms with Gasteiger partial charge in [0.15, 0.2) is 0 Å². The van der Waals surface area contributed by atoms with Crippen molar-refractivity contribution < 1.29 is 0 Å². The highest BCUT2D eigenvalue weighted by Crippen LogP contribution is 1.92. The van der Waals surface area contributed by atoms with Gasteiger partial charge in [-0.1, -0.05) is 0 Å². The summed E-state index contributed by atoms with van der Waals surface area (Å²) in [5, 5.41) is 3.76. The summed E-state index contributed by atoms with van der Waals surface area (Å²) >= 11 is 4.14. The number of hydrogen-bond donors (Lipinski definition) is 2. The standard InChI is InChI=1S/C7H14N2S/c1-4-9-7(10)5-6(2)8-3/h5,8H,4H2,1-3H3,(H,9,10)/b6-5-. The normalized spacial score (nSPS) is 13.6. The zero-order valence-corrected chi connectivity index (χ0v) is 7.57. The molecule has 0 aromatic heterocycles. The van der Waals surface area contributed by atoms with E-state index in [1.807, 2.05) is 27.0 Å². The molecule has 2 nitrogen and oxygen atoms in total. The Kier molecular flexibility index (Phi) is 5.12. The summed E-state index contributed by atoms with van der Waals surface area (Å²) in [6.45, 7) is 4.74. The second-order valence-electron chi connectivity index (χ2n) is 1.91. The second-order valence-corrected chi connectivity index (χ2v) is 2.37. The molecule has 0 saturated heterocycles. The Labute approximate surface area is 67.8 Å². The molecule has 3 heteroatoms. The summed E-state index contributed by atoms with van der Waals surface area (Å²) in [5.41, 5.74) is 1.07. The fourth-order valence-corrected chi connectivity index (χ4v) is 0.809. The molecule has 0 rings (SSSR count). The van der Waals surface area contributed by atoms with E-state index >= 15 is 0 Å². The first kappa shape index (κ1) is 9.56. The highest BCUT2D eigenvalue weighted by atomic mass is 32.1. The highest BCUT2D eigenvalue weighted by Gasteiger charge is 1.85. The Bertz CT molecular complexity index is 150. The molecular weight excluding hydrogens is 144 g/mol. The maximum Gasteiger partial charge on any atom is 0.0890 e. The SMILES string of the molecule is CC/N=C(S)\C=C(\C)NC. The number of nitrogens with zero attached hydrogens (tertiary/aromatic N) is 1. The van der Waals surface area contributed by atoms with Crippen LogP contribution in [0.2, 0.25) is 0 Å². The topological polar surface area (TPSA) is 24.4 Å². The van der Waals surface area contributed by atoms with Gasteiger partial charge in [-0.05, 0) is 19.9 Å². The summed E-state index contributed by atoms with van der Waals surface area (Å²) in [6, 6.07) is 0. The number of nitrogens with one attached hydrogen (secondary N) is 1. The lowest BCUT2D eigenvalue weighted by Crippen LogP contribution is -2.02. The van der Waals surface area contributed by atoms with E-state index in [4.69, 9.17) is 0 Å². The van der Waals surface area contributed by atoms with Crippen LogP contribution in [0.3, 0.4) is 0 Å². The van der Waals surface area contributed by atoms with Crippen molar-refractivity contribution in [1.82, 2.24) is 5.32 Å². The molecule has 1 N–H and O–H groups in total. The van der Waals surface area contributed by atoms with E-state index in [2.05, 4.69) is 22.9 Å². The van der Waals surface area contributed by atoms with Crippen LogP contribution in [0.15, 0.2) is 16.8 Å². The van der Waals surface area contributed by atoms with Crippen molar-refractivity contribution in [2.24, 2.45) is 4.99 Å². The first-order chi connectivity index (χ1) is 4.70. The van der Waals surface area contributed by atoms with Crippen molar-refractivity contribution in [2.45, 2.75) is 13.8 Å². The lowest BCUT2D eigenvalue weighted by atomic mass is 10.4. The maximum atomic E-state index is 4.14. The lowest BCUT2D eigenvalue weighted by molar-refractivity contribution is 0.992. The third kappa shape index (κ3) is 4.44. The van der Waals surface area contributed by atoms with Gasteiger partial charge in [0.1, 0.15) is 0 Å². The lowest BCUT2D eigenvalue weighted by Gasteiger charge is -1.96. The summed E-state index contributed by atoms with van der Waals surface area (Å²) in [5.74, 6) is 0. The zero-order chi connectivity index (χ0) is 7.98. The largest absolute Gasteiger partial charge is 0.392 e. The van der Waals surface area contributed by atoms with Gasteiger partial charge in [0.2, 0.25) is 0 Å². The molecule has 0 aromatic rings. The van der Waals surface area contributed by atoms with Gasteiger partial charge < -0.3 is 5.32 Å². The fourth-order valence-electron chi connectivity index (χ4n) is 0.473. The van der Waals surface area contributed by atoms with Crippen molar-refractivity contribution >= 4 is 17.7 Å². The van der Waals surface area contributed by atoms with Gasteiger partial charge in [0.05, 0.1) is 5.04 Å². The van der Waals surface area contributed by atoms with Crippen LogP contribution in [0.5, 0.6) is 0 Å². The van der Waals surface area contributed by atoms with Crippen LogP contribution < -0.4 is 5.32 Å². The van der Waals surface area contributed by atoms with Gasteiger partial charge >= 0.3 is 0 Å². The Balaban J connectivity index is 3.98. The van der Waals surface area contributed by atoms with Crippen molar-refractivity contribution in [3.63, 3.8) is 0 Å². The van der Waals surface area contributed by atoms with Crippen LogP contribution in [0.25, 0.3) is 0 Å².